The number of methoxy groups -OCH3 is 1. The van der Waals surface area contributed by atoms with Crippen molar-refractivity contribution in [3.63, 3.8) is 0 Å². The molecule has 1 atom stereocenters. The Bertz CT molecular complexity index is 438. The number of rotatable bonds is 5. The Kier molecular flexibility index (Phi) is 5.31. The first-order valence-corrected chi connectivity index (χ1v) is 5.96. The molecule has 2 N–H and O–H groups in total. The maximum atomic E-state index is 12.2. The van der Waals surface area contributed by atoms with Crippen molar-refractivity contribution in [3.05, 3.63) is 22.7 Å². The van der Waals surface area contributed by atoms with E-state index in [9.17, 15) is 18.3 Å². The van der Waals surface area contributed by atoms with Crippen LogP contribution in [0.25, 0.3) is 0 Å². The van der Waals surface area contributed by atoms with Gasteiger partial charge in [-0.15, -0.1) is 0 Å². The second-order valence-corrected chi connectivity index (χ2v) is 4.65. The molecule has 1 aromatic rings. The lowest BCUT2D eigenvalue weighted by Crippen LogP contribution is -2.30. The zero-order chi connectivity index (χ0) is 14.6. The van der Waals surface area contributed by atoms with E-state index < -0.39 is 18.6 Å². The summed E-state index contributed by atoms with van der Waals surface area (Å²) in [5.41, 5.74) is 0.387. The lowest BCUT2D eigenvalue weighted by molar-refractivity contribution is -0.139. The molecule has 0 aliphatic rings. The van der Waals surface area contributed by atoms with Gasteiger partial charge >= 0.3 is 6.18 Å². The van der Waals surface area contributed by atoms with E-state index in [-0.39, 0.29) is 18.0 Å². The van der Waals surface area contributed by atoms with Gasteiger partial charge in [0.05, 0.1) is 13.5 Å². The number of ether oxygens (including phenoxy) is 1. The number of halogens is 4. The van der Waals surface area contributed by atoms with Crippen molar-refractivity contribution < 1.29 is 23.0 Å². The second-order valence-electron chi connectivity index (χ2n) is 4.22. The molecule has 0 saturated carbocycles. The Morgan fingerprint density at radius 3 is 2.58 bits per heavy atom. The smallest absolute Gasteiger partial charge is 0.390 e. The number of aromatic hydroxyl groups is 1. The van der Waals surface area contributed by atoms with Crippen molar-refractivity contribution in [2.24, 2.45) is 0 Å². The highest BCUT2D eigenvalue weighted by Crippen LogP contribution is 2.33. The van der Waals surface area contributed by atoms with E-state index in [1.165, 1.54) is 26.2 Å². The van der Waals surface area contributed by atoms with Crippen LogP contribution >= 0.6 is 11.6 Å². The van der Waals surface area contributed by atoms with E-state index in [0.717, 1.165) is 0 Å². The number of phenols is 1. The van der Waals surface area contributed by atoms with Crippen molar-refractivity contribution >= 4 is 11.6 Å². The average molecular weight is 298 g/mol. The number of hydrogen-bond donors (Lipinski definition) is 2. The minimum Gasteiger partial charge on any atom is -0.504 e. The fraction of sp³-hybridized carbons (Fsp3) is 0.500. The normalized spacial score (nSPS) is 13.4. The van der Waals surface area contributed by atoms with Crippen LogP contribution in [0.15, 0.2) is 12.1 Å². The summed E-state index contributed by atoms with van der Waals surface area (Å²) in [6.45, 7) is 1.49. The van der Waals surface area contributed by atoms with Crippen molar-refractivity contribution in [2.75, 3.05) is 7.11 Å². The molecule has 0 spiro atoms. The van der Waals surface area contributed by atoms with Gasteiger partial charge in [0.25, 0.3) is 0 Å². The Morgan fingerprint density at radius 1 is 1.42 bits per heavy atom. The first-order valence-electron chi connectivity index (χ1n) is 5.58. The molecular formula is C12H15ClF3NO2. The number of benzene rings is 1. The molecule has 0 amide bonds. The van der Waals surface area contributed by atoms with Gasteiger partial charge in [-0.3, -0.25) is 0 Å². The maximum Gasteiger partial charge on any atom is 0.390 e. The van der Waals surface area contributed by atoms with Crippen molar-refractivity contribution in [3.8, 4) is 11.5 Å². The van der Waals surface area contributed by atoms with Gasteiger partial charge in [0.1, 0.15) is 0 Å². The molecule has 0 heterocycles. The molecular weight excluding hydrogens is 283 g/mol. The molecule has 0 fully saturated rings. The Balaban J connectivity index is 2.70. The Hall–Kier alpha value is -1.14. The summed E-state index contributed by atoms with van der Waals surface area (Å²) in [5, 5.41) is 12.8. The minimum absolute atomic E-state index is 0.0694. The van der Waals surface area contributed by atoms with Crippen LogP contribution in [0.2, 0.25) is 5.02 Å². The molecule has 0 aliphatic heterocycles. The Morgan fingerprint density at radius 2 is 2.05 bits per heavy atom. The third-order valence-electron chi connectivity index (χ3n) is 2.52. The largest absolute Gasteiger partial charge is 0.504 e. The third-order valence-corrected chi connectivity index (χ3v) is 2.74. The SMILES string of the molecule is COc1cc(Cl)cc(CNC(C)CC(F)(F)F)c1O. The van der Waals surface area contributed by atoms with Gasteiger partial charge < -0.3 is 15.2 Å². The van der Waals surface area contributed by atoms with Crippen LogP contribution in [0.3, 0.4) is 0 Å². The van der Waals surface area contributed by atoms with Crippen molar-refractivity contribution in [2.45, 2.75) is 32.1 Å². The minimum atomic E-state index is -4.22. The zero-order valence-corrected chi connectivity index (χ0v) is 11.3. The second kappa shape index (κ2) is 6.34. The molecule has 1 unspecified atom stereocenters. The van der Waals surface area contributed by atoms with Gasteiger partial charge in [0.2, 0.25) is 0 Å². The van der Waals surface area contributed by atoms with Crippen molar-refractivity contribution in [1.82, 2.24) is 5.32 Å². The van der Waals surface area contributed by atoms with Crippen LogP contribution in [-0.4, -0.2) is 24.4 Å². The topological polar surface area (TPSA) is 41.5 Å². The molecule has 1 aromatic carbocycles. The van der Waals surface area contributed by atoms with E-state index in [1.807, 2.05) is 0 Å². The highest BCUT2D eigenvalue weighted by Gasteiger charge is 2.29. The summed E-state index contributed by atoms with van der Waals surface area (Å²) < 4.78 is 41.4. The van der Waals surface area contributed by atoms with Gasteiger partial charge in [0, 0.05) is 29.2 Å². The predicted molar refractivity (Wildman–Crippen MR) is 66.6 cm³/mol. The van der Waals surface area contributed by atoms with E-state index in [2.05, 4.69) is 5.32 Å². The summed E-state index contributed by atoms with van der Waals surface area (Å²) in [6, 6.07) is 2.15. The molecule has 0 aliphatic carbocycles. The number of nitrogens with one attached hydrogen (secondary N) is 1. The first kappa shape index (κ1) is 15.9. The van der Waals surface area contributed by atoms with Crippen LogP contribution in [0.1, 0.15) is 18.9 Å². The first-order chi connectivity index (χ1) is 8.73. The molecule has 108 valence electrons. The summed E-state index contributed by atoms with van der Waals surface area (Å²) in [7, 11) is 1.37. The van der Waals surface area contributed by atoms with Gasteiger partial charge in [-0.2, -0.15) is 13.2 Å². The van der Waals surface area contributed by atoms with E-state index >= 15 is 0 Å². The molecule has 19 heavy (non-hydrogen) atoms. The van der Waals surface area contributed by atoms with Crippen LogP contribution in [0.4, 0.5) is 13.2 Å². The van der Waals surface area contributed by atoms with E-state index in [0.29, 0.717) is 10.6 Å². The lowest BCUT2D eigenvalue weighted by atomic mass is 10.1. The number of hydrogen-bond acceptors (Lipinski definition) is 3. The fourth-order valence-corrected chi connectivity index (χ4v) is 1.85. The standard InChI is InChI=1S/C12H15ClF3NO2/c1-7(5-12(14,15)16)17-6-8-3-9(13)4-10(19-2)11(8)18/h3-4,7,17-18H,5-6H2,1-2H3. The zero-order valence-electron chi connectivity index (χ0n) is 10.5. The highest BCUT2D eigenvalue weighted by molar-refractivity contribution is 6.30. The van der Waals surface area contributed by atoms with E-state index in [1.54, 1.807) is 0 Å². The van der Waals surface area contributed by atoms with Gasteiger partial charge in [-0.05, 0) is 13.0 Å². The van der Waals surface area contributed by atoms with Gasteiger partial charge in [0.15, 0.2) is 11.5 Å². The molecule has 3 nitrogen and oxygen atoms in total. The maximum absolute atomic E-state index is 12.2. The van der Waals surface area contributed by atoms with Crippen LogP contribution in [-0.2, 0) is 6.54 Å². The van der Waals surface area contributed by atoms with Crippen molar-refractivity contribution in [1.29, 1.82) is 0 Å². The molecule has 0 radical (unpaired) electrons. The monoisotopic (exact) mass is 297 g/mol. The summed E-state index contributed by atoms with van der Waals surface area (Å²) in [6.07, 6.45) is -5.16. The molecule has 0 bridgehead atoms. The average Bonchev–Trinajstić information content (AvgIpc) is 2.27. The van der Waals surface area contributed by atoms with Crippen LogP contribution < -0.4 is 10.1 Å². The lowest BCUT2D eigenvalue weighted by Gasteiger charge is -2.17. The fourth-order valence-electron chi connectivity index (χ4n) is 1.62. The molecule has 7 heteroatoms. The van der Waals surface area contributed by atoms with E-state index in [4.69, 9.17) is 16.3 Å². The molecule has 0 saturated heterocycles. The summed E-state index contributed by atoms with van der Waals surface area (Å²) in [5.74, 6) is 0.0615. The predicted octanol–water partition coefficient (Wildman–Crippen LogP) is 3.48. The highest BCUT2D eigenvalue weighted by atomic mass is 35.5. The molecule has 1 rings (SSSR count). The Labute approximate surface area is 114 Å². The van der Waals surface area contributed by atoms with Crippen LogP contribution in [0.5, 0.6) is 11.5 Å². The van der Waals surface area contributed by atoms with Crippen LogP contribution in [0, 0.1) is 0 Å². The summed E-state index contributed by atoms with van der Waals surface area (Å²) in [4.78, 5) is 0. The third kappa shape index (κ3) is 5.16. The quantitative estimate of drug-likeness (QED) is 0.874. The molecule has 0 aromatic heterocycles. The number of phenolic OH excluding ortho intramolecular Hbond substituents is 1. The summed E-state index contributed by atoms with van der Waals surface area (Å²) >= 11 is 5.82. The van der Waals surface area contributed by atoms with Gasteiger partial charge in [-0.25, -0.2) is 0 Å². The number of alkyl halides is 3. The van der Waals surface area contributed by atoms with Gasteiger partial charge in [-0.1, -0.05) is 11.6 Å².